The molecule has 0 atom stereocenters. The van der Waals surface area contributed by atoms with Gasteiger partial charge in [0.25, 0.3) is 0 Å². The topological polar surface area (TPSA) is 3.24 Å². The molecule has 0 rings (SSSR count). The van der Waals surface area contributed by atoms with Crippen LogP contribution in [0.4, 0.5) is 0 Å². The molecule has 2 heteroatoms. The smallest absolute Gasteiger partial charge is 0.121 e. The van der Waals surface area contributed by atoms with Crippen molar-refractivity contribution in [2.24, 2.45) is 0 Å². The van der Waals surface area contributed by atoms with Gasteiger partial charge in [0.15, 0.2) is 0 Å². The second-order valence-electron chi connectivity index (χ2n) is 6.29. The summed E-state index contributed by atoms with van der Waals surface area (Å²) < 4.78 is 2.48. The molecule has 104 valence electrons. The van der Waals surface area contributed by atoms with Crippen LogP contribution in [-0.4, -0.2) is 26.9 Å². The zero-order valence-corrected chi connectivity index (χ0v) is 14.0. The maximum Gasteiger partial charge on any atom is 0.121 e. The van der Waals surface area contributed by atoms with E-state index < -0.39 is 8.24 Å². The third-order valence-electron chi connectivity index (χ3n) is 4.10. The van der Waals surface area contributed by atoms with Gasteiger partial charge >= 0.3 is 0 Å². The standard InChI is InChI=1S/C15H35NSi/c1-6-7-8-9-10-11-12-13-14-15-17(4,5)16(2)3/h6-15H2,1-5H3. The summed E-state index contributed by atoms with van der Waals surface area (Å²) in [5, 5.41) is 0. The molecule has 0 spiro atoms. The summed E-state index contributed by atoms with van der Waals surface area (Å²) in [6.07, 6.45) is 13.0. The highest BCUT2D eigenvalue weighted by Gasteiger charge is 2.22. The fourth-order valence-corrected chi connectivity index (χ4v) is 3.65. The van der Waals surface area contributed by atoms with Crippen molar-refractivity contribution in [2.45, 2.75) is 83.8 Å². The minimum absolute atomic E-state index is 1.03. The van der Waals surface area contributed by atoms with Crippen molar-refractivity contribution >= 4 is 8.24 Å². The Bertz CT molecular complexity index is 166. The summed E-state index contributed by atoms with van der Waals surface area (Å²) in [5.41, 5.74) is 0. The van der Waals surface area contributed by atoms with E-state index in [0.717, 1.165) is 0 Å². The fraction of sp³-hybridized carbons (Fsp3) is 1.00. The molecule has 0 aliphatic heterocycles. The van der Waals surface area contributed by atoms with Crippen LogP contribution >= 0.6 is 0 Å². The van der Waals surface area contributed by atoms with Crippen LogP contribution in [0.25, 0.3) is 0 Å². The first-order chi connectivity index (χ1) is 8.00. The highest BCUT2D eigenvalue weighted by Crippen LogP contribution is 2.18. The lowest BCUT2D eigenvalue weighted by Crippen LogP contribution is -2.43. The van der Waals surface area contributed by atoms with Crippen molar-refractivity contribution in [1.29, 1.82) is 0 Å². The van der Waals surface area contributed by atoms with Crippen LogP contribution < -0.4 is 0 Å². The van der Waals surface area contributed by atoms with Gasteiger partial charge in [-0.3, -0.25) is 0 Å². The largest absolute Gasteiger partial charge is 0.329 e. The van der Waals surface area contributed by atoms with Gasteiger partial charge in [-0.05, 0) is 20.1 Å². The molecule has 17 heavy (non-hydrogen) atoms. The van der Waals surface area contributed by atoms with Crippen LogP contribution in [0, 0.1) is 0 Å². The van der Waals surface area contributed by atoms with Crippen LogP contribution in [0.1, 0.15) is 64.7 Å². The van der Waals surface area contributed by atoms with Crippen LogP contribution in [0.5, 0.6) is 0 Å². The van der Waals surface area contributed by atoms with Crippen molar-refractivity contribution in [1.82, 2.24) is 4.57 Å². The second kappa shape index (κ2) is 10.1. The second-order valence-corrected chi connectivity index (χ2v) is 11.3. The highest BCUT2D eigenvalue weighted by molar-refractivity contribution is 6.74. The Morgan fingerprint density at radius 3 is 1.53 bits per heavy atom. The van der Waals surface area contributed by atoms with Crippen molar-refractivity contribution < 1.29 is 0 Å². The molecule has 0 saturated carbocycles. The maximum atomic E-state index is 2.48. The van der Waals surface area contributed by atoms with E-state index in [0.29, 0.717) is 0 Å². The zero-order valence-electron chi connectivity index (χ0n) is 13.0. The average molecular weight is 258 g/mol. The normalized spacial score (nSPS) is 12.4. The van der Waals surface area contributed by atoms with E-state index >= 15 is 0 Å². The molecule has 0 aliphatic rings. The van der Waals surface area contributed by atoms with Crippen LogP contribution in [0.3, 0.4) is 0 Å². The lowest BCUT2D eigenvalue weighted by molar-refractivity contribution is 0.563. The van der Waals surface area contributed by atoms with Crippen molar-refractivity contribution in [2.75, 3.05) is 14.1 Å². The highest BCUT2D eigenvalue weighted by atomic mass is 28.3. The first-order valence-corrected chi connectivity index (χ1v) is 10.8. The van der Waals surface area contributed by atoms with Gasteiger partial charge in [0.1, 0.15) is 8.24 Å². The molecule has 0 saturated heterocycles. The minimum atomic E-state index is -1.03. The van der Waals surface area contributed by atoms with Crippen molar-refractivity contribution in [3.8, 4) is 0 Å². The van der Waals surface area contributed by atoms with Gasteiger partial charge in [-0.25, -0.2) is 0 Å². The molecule has 0 fully saturated rings. The molecule has 0 aromatic rings. The number of rotatable bonds is 11. The van der Waals surface area contributed by atoms with E-state index in [2.05, 4.69) is 38.7 Å². The predicted octanol–water partition coefficient (Wildman–Crippen LogP) is 5.28. The van der Waals surface area contributed by atoms with E-state index in [1.807, 2.05) is 0 Å². The third kappa shape index (κ3) is 9.84. The fourth-order valence-electron chi connectivity index (χ4n) is 2.09. The SMILES string of the molecule is CCCCCCCCCCC[Si](C)(C)N(C)C. The molecule has 0 radical (unpaired) electrons. The van der Waals surface area contributed by atoms with Gasteiger partial charge in [0, 0.05) is 0 Å². The van der Waals surface area contributed by atoms with E-state index in [4.69, 9.17) is 0 Å². The number of hydrogen-bond donors (Lipinski definition) is 0. The summed E-state index contributed by atoms with van der Waals surface area (Å²) in [6.45, 7) is 7.26. The lowest BCUT2D eigenvalue weighted by Gasteiger charge is -2.30. The van der Waals surface area contributed by atoms with Gasteiger partial charge in [-0.15, -0.1) is 0 Å². The summed E-state index contributed by atoms with van der Waals surface area (Å²) in [7, 11) is 3.47. The molecule has 0 heterocycles. The van der Waals surface area contributed by atoms with Crippen molar-refractivity contribution in [3.05, 3.63) is 0 Å². The van der Waals surface area contributed by atoms with E-state index in [9.17, 15) is 0 Å². The molecular weight excluding hydrogens is 222 g/mol. The Morgan fingerprint density at radius 1 is 0.706 bits per heavy atom. The number of hydrogen-bond acceptors (Lipinski definition) is 1. The van der Waals surface area contributed by atoms with Crippen LogP contribution in [0.15, 0.2) is 0 Å². The van der Waals surface area contributed by atoms with Gasteiger partial charge in [0.2, 0.25) is 0 Å². The molecule has 0 bridgehead atoms. The molecule has 0 aliphatic carbocycles. The number of nitrogens with zero attached hydrogens (tertiary/aromatic N) is 1. The molecule has 0 N–H and O–H groups in total. The van der Waals surface area contributed by atoms with E-state index in [1.165, 1.54) is 63.8 Å². The maximum absolute atomic E-state index is 2.48. The summed E-state index contributed by atoms with van der Waals surface area (Å²) in [4.78, 5) is 0. The molecule has 0 unspecified atom stereocenters. The van der Waals surface area contributed by atoms with Crippen molar-refractivity contribution in [3.63, 3.8) is 0 Å². The number of unbranched alkanes of at least 4 members (excludes halogenated alkanes) is 8. The zero-order chi connectivity index (χ0) is 13.1. The van der Waals surface area contributed by atoms with Gasteiger partial charge in [-0.1, -0.05) is 77.8 Å². The molecule has 0 aromatic heterocycles. The predicted molar refractivity (Wildman–Crippen MR) is 83.2 cm³/mol. The third-order valence-corrected chi connectivity index (χ3v) is 8.10. The monoisotopic (exact) mass is 257 g/mol. The quantitative estimate of drug-likeness (QED) is 0.359. The Morgan fingerprint density at radius 2 is 1.12 bits per heavy atom. The molecule has 0 amide bonds. The molecular formula is C15H35NSi. The van der Waals surface area contributed by atoms with Crippen LogP contribution in [0.2, 0.25) is 19.1 Å². The summed E-state index contributed by atoms with van der Waals surface area (Å²) >= 11 is 0. The van der Waals surface area contributed by atoms with Crippen LogP contribution in [-0.2, 0) is 0 Å². The lowest BCUT2D eigenvalue weighted by atomic mass is 10.1. The Labute approximate surface area is 111 Å². The molecule has 1 nitrogen and oxygen atoms in total. The Kier molecular flexibility index (Phi) is 10.2. The van der Waals surface area contributed by atoms with Gasteiger partial charge in [-0.2, -0.15) is 0 Å². The first-order valence-electron chi connectivity index (χ1n) is 7.68. The van der Waals surface area contributed by atoms with E-state index in [-0.39, 0.29) is 0 Å². The summed E-state index contributed by atoms with van der Waals surface area (Å²) in [5.74, 6) is 0. The Hall–Kier alpha value is 0.177. The van der Waals surface area contributed by atoms with Gasteiger partial charge in [0.05, 0.1) is 0 Å². The van der Waals surface area contributed by atoms with E-state index in [1.54, 1.807) is 0 Å². The minimum Gasteiger partial charge on any atom is -0.329 e. The Balaban J connectivity index is 3.24. The average Bonchev–Trinajstić information content (AvgIpc) is 2.26. The van der Waals surface area contributed by atoms with Gasteiger partial charge < -0.3 is 4.57 Å². The summed E-state index contributed by atoms with van der Waals surface area (Å²) in [6, 6.07) is 1.47. The first kappa shape index (κ1) is 17.2. The molecule has 0 aromatic carbocycles.